The van der Waals surface area contributed by atoms with E-state index in [0.29, 0.717) is 11.1 Å². The third kappa shape index (κ3) is 4.38. The first-order valence-corrected chi connectivity index (χ1v) is 12.9. The summed E-state index contributed by atoms with van der Waals surface area (Å²) in [5.74, 6) is -0.380. The number of nitrogen functional groups attached to an aromatic ring is 1. The third-order valence-electron chi connectivity index (χ3n) is 6.07. The molecule has 2 aromatic heterocycles. The molecule has 194 valence electrons. The van der Waals surface area contributed by atoms with E-state index in [9.17, 15) is 19.7 Å². The Morgan fingerprint density at radius 1 is 1.38 bits per heavy atom. The average Bonchev–Trinajstić information content (AvgIpc) is 3.43. The van der Waals surface area contributed by atoms with Crippen molar-refractivity contribution in [3.8, 4) is 6.07 Å². The van der Waals surface area contributed by atoms with Crippen LogP contribution in [0.3, 0.4) is 0 Å². The van der Waals surface area contributed by atoms with E-state index in [2.05, 4.69) is 10.1 Å². The zero-order valence-corrected chi connectivity index (χ0v) is 20.8. The minimum atomic E-state index is -4.22. The van der Waals surface area contributed by atoms with Gasteiger partial charge in [-0.1, -0.05) is 18.2 Å². The van der Waals surface area contributed by atoms with Crippen molar-refractivity contribution in [1.29, 1.82) is 5.26 Å². The van der Waals surface area contributed by atoms with Crippen LogP contribution in [0.4, 0.5) is 5.82 Å². The summed E-state index contributed by atoms with van der Waals surface area (Å²) in [7, 11) is -4.22. The number of nitriles is 1. The molecule has 2 saturated heterocycles. The van der Waals surface area contributed by atoms with E-state index in [1.807, 2.05) is 6.07 Å². The molecular formula is C23H24N5O8P. The number of nitrogens with zero attached hydrogens (tertiary/aromatic N) is 4. The second-order valence-electron chi connectivity index (χ2n) is 8.81. The zero-order valence-electron chi connectivity index (χ0n) is 19.9. The van der Waals surface area contributed by atoms with Crippen LogP contribution in [0.5, 0.6) is 0 Å². The number of hydrogen-bond donors (Lipinski definition) is 2. The summed E-state index contributed by atoms with van der Waals surface area (Å²) in [5, 5.41) is 25.4. The maximum absolute atomic E-state index is 13.3. The molecule has 2 aliphatic heterocycles. The molecule has 37 heavy (non-hydrogen) atoms. The molecule has 1 aromatic carbocycles. The van der Waals surface area contributed by atoms with Crippen LogP contribution in [0.15, 0.2) is 42.7 Å². The molecule has 0 amide bonds. The summed E-state index contributed by atoms with van der Waals surface area (Å²) < 4.78 is 42.3. The Balaban J connectivity index is 1.36. The standard InChI is InChI=1S/C23H24N5O8P/c1-13(2)34-22(30)15-6-4-3-5-14(15)9-32-37(31)33-10-17-19(36-37)20(29)23(11-24,35-17)18-8-7-16-21(25)26-12-27-28(16)18/h3-8,12-13,17,19-20,29H,9-10H2,1-2H3,(H2,25,26,27)/t17-,19-,20-,23+,37?/m1/s1. The minimum Gasteiger partial charge on any atom is -0.459 e. The molecule has 0 radical (unpaired) electrons. The number of esters is 1. The van der Waals surface area contributed by atoms with Gasteiger partial charge in [0.1, 0.15) is 36.2 Å². The first kappa shape index (κ1) is 25.3. The van der Waals surface area contributed by atoms with E-state index >= 15 is 0 Å². The van der Waals surface area contributed by atoms with Crippen LogP contribution in [0.1, 0.15) is 35.5 Å². The average molecular weight is 529 g/mol. The van der Waals surface area contributed by atoms with Gasteiger partial charge >= 0.3 is 13.8 Å². The van der Waals surface area contributed by atoms with Crippen LogP contribution >= 0.6 is 7.82 Å². The van der Waals surface area contributed by atoms with E-state index < -0.39 is 37.7 Å². The summed E-state index contributed by atoms with van der Waals surface area (Å²) in [4.78, 5) is 16.3. The number of nitrogens with two attached hydrogens (primary N) is 1. The Bertz CT molecular complexity index is 1440. The van der Waals surface area contributed by atoms with Gasteiger partial charge in [-0.15, -0.1) is 0 Å². The highest BCUT2D eigenvalue weighted by atomic mass is 31.2. The quantitative estimate of drug-likeness (QED) is 0.351. The Kier molecular flexibility index (Phi) is 6.49. The van der Waals surface area contributed by atoms with Gasteiger partial charge in [0.05, 0.1) is 30.6 Å². The number of benzene rings is 1. The van der Waals surface area contributed by atoms with Crippen LogP contribution in [0.2, 0.25) is 0 Å². The number of carbonyl (C=O) groups excluding carboxylic acids is 1. The molecule has 3 N–H and O–H groups in total. The molecule has 2 aliphatic rings. The second-order valence-corrected chi connectivity index (χ2v) is 10.4. The van der Waals surface area contributed by atoms with E-state index in [-0.39, 0.29) is 36.4 Å². The number of aromatic nitrogens is 3. The molecule has 0 spiro atoms. The largest absolute Gasteiger partial charge is 0.475 e. The predicted octanol–water partition coefficient (Wildman–Crippen LogP) is 2.10. The molecule has 0 saturated carbocycles. The first-order valence-electron chi connectivity index (χ1n) is 11.4. The maximum atomic E-state index is 13.3. The van der Waals surface area contributed by atoms with E-state index in [1.165, 1.54) is 16.9 Å². The maximum Gasteiger partial charge on any atom is 0.475 e. The fraction of sp³-hybridized carbons (Fsp3) is 0.391. The number of phosphoric ester groups is 1. The summed E-state index contributed by atoms with van der Waals surface area (Å²) in [6, 6.07) is 11.7. The molecular weight excluding hydrogens is 505 g/mol. The third-order valence-corrected chi connectivity index (χ3v) is 7.48. The van der Waals surface area contributed by atoms with E-state index in [1.54, 1.807) is 44.2 Å². The minimum absolute atomic E-state index is 0.175. The van der Waals surface area contributed by atoms with Gasteiger partial charge < -0.3 is 20.3 Å². The van der Waals surface area contributed by atoms with Gasteiger partial charge in [-0.3, -0.25) is 13.6 Å². The highest BCUT2D eigenvalue weighted by Crippen LogP contribution is 2.58. The van der Waals surface area contributed by atoms with E-state index in [4.69, 9.17) is 28.8 Å². The predicted molar refractivity (Wildman–Crippen MR) is 126 cm³/mol. The highest BCUT2D eigenvalue weighted by Gasteiger charge is 2.62. The monoisotopic (exact) mass is 529 g/mol. The van der Waals surface area contributed by atoms with Crippen molar-refractivity contribution in [1.82, 2.24) is 14.6 Å². The molecule has 2 fully saturated rings. The molecule has 1 unspecified atom stereocenters. The van der Waals surface area contributed by atoms with Crippen LogP contribution in [0.25, 0.3) is 5.52 Å². The van der Waals surface area contributed by atoms with Gasteiger partial charge in [0.25, 0.3) is 0 Å². The van der Waals surface area contributed by atoms with Gasteiger partial charge in [-0.2, -0.15) is 10.4 Å². The Labute approximate surface area is 211 Å². The number of rotatable bonds is 6. The van der Waals surface area contributed by atoms with Crippen molar-refractivity contribution in [2.75, 3.05) is 12.3 Å². The molecule has 0 aliphatic carbocycles. The number of aliphatic hydroxyl groups is 1. The number of phosphoric acid groups is 1. The smallest absolute Gasteiger partial charge is 0.459 e. The lowest BCUT2D eigenvalue weighted by Gasteiger charge is -2.30. The van der Waals surface area contributed by atoms with Gasteiger partial charge in [0, 0.05) is 0 Å². The van der Waals surface area contributed by atoms with Crippen molar-refractivity contribution < 1.29 is 37.5 Å². The molecule has 5 atom stereocenters. The molecule has 5 rings (SSSR count). The van der Waals surface area contributed by atoms with Gasteiger partial charge in [0.15, 0.2) is 5.82 Å². The molecule has 13 nitrogen and oxygen atoms in total. The summed E-state index contributed by atoms with van der Waals surface area (Å²) in [6.45, 7) is 2.88. The van der Waals surface area contributed by atoms with Crippen molar-refractivity contribution in [3.05, 3.63) is 59.5 Å². The number of aliphatic hydroxyl groups excluding tert-OH is 1. The molecule has 4 heterocycles. The van der Waals surface area contributed by atoms with Crippen LogP contribution in [0, 0.1) is 11.3 Å². The lowest BCUT2D eigenvalue weighted by Crippen LogP contribution is -2.43. The Morgan fingerprint density at radius 2 is 2.16 bits per heavy atom. The fourth-order valence-corrected chi connectivity index (χ4v) is 5.72. The van der Waals surface area contributed by atoms with Gasteiger partial charge in [-0.25, -0.2) is 18.9 Å². The second kappa shape index (κ2) is 9.50. The summed E-state index contributed by atoms with van der Waals surface area (Å²) in [5.41, 5.74) is 5.22. The number of carbonyl (C=O) groups is 1. The summed E-state index contributed by atoms with van der Waals surface area (Å²) >= 11 is 0. The van der Waals surface area contributed by atoms with Crippen molar-refractivity contribution in [2.45, 2.75) is 50.5 Å². The van der Waals surface area contributed by atoms with Crippen LogP contribution in [-0.2, 0) is 39.8 Å². The number of fused-ring (bicyclic) bond motifs is 2. The molecule has 14 heteroatoms. The van der Waals surface area contributed by atoms with Crippen molar-refractivity contribution in [3.63, 3.8) is 0 Å². The number of anilines is 1. The molecule has 3 aromatic rings. The summed E-state index contributed by atoms with van der Waals surface area (Å²) in [6.07, 6.45) is -2.84. The van der Waals surface area contributed by atoms with Crippen molar-refractivity contribution >= 4 is 25.1 Å². The number of hydrogen-bond acceptors (Lipinski definition) is 12. The fourth-order valence-electron chi connectivity index (χ4n) is 4.34. The Morgan fingerprint density at radius 3 is 2.92 bits per heavy atom. The van der Waals surface area contributed by atoms with Crippen LogP contribution in [-0.4, -0.2) is 56.7 Å². The zero-order chi connectivity index (χ0) is 26.4. The Hall–Kier alpha value is -3.37. The number of ether oxygens (including phenoxy) is 2. The topological polar surface area (TPSA) is 181 Å². The SMILES string of the molecule is CC(C)OC(=O)c1ccccc1COP1(=O)OC[C@H]2O[C@@](C#N)(c3ccc4c(N)ncnn34)[C@H](O)[C@@H]2O1. The lowest BCUT2D eigenvalue weighted by atomic mass is 9.92. The highest BCUT2D eigenvalue weighted by molar-refractivity contribution is 7.48. The normalized spacial score (nSPS) is 29.2. The lowest BCUT2D eigenvalue weighted by molar-refractivity contribution is -0.0781. The van der Waals surface area contributed by atoms with E-state index in [0.717, 1.165) is 0 Å². The molecule has 0 bridgehead atoms. The first-order chi connectivity index (χ1) is 17.7. The van der Waals surface area contributed by atoms with Crippen molar-refractivity contribution in [2.24, 2.45) is 0 Å². The van der Waals surface area contributed by atoms with Gasteiger partial charge in [-0.05, 0) is 37.6 Å². The van der Waals surface area contributed by atoms with Gasteiger partial charge in [0.2, 0.25) is 5.60 Å². The van der Waals surface area contributed by atoms with Crippen LogP contribution < -0.4 is 5.73 Å².